The second kappa shape index (κ2) is 10.2. The minimum Gasteiger partial charge on any atom is -0.454 e. The summed E-state index contributed by atoms with van der Waals surface area (Å²) in [4.78, 5) is 25.9. The van der Waals surface area contributed by atoms with E-state index in [1.807, 2.05) is 12.1 Å². The Balaban J connectivity index is 1.29. The number of hydrogen-bond acceptors (Lipinski definition) is 10. The highest BCUT2D eigenvalue weighted by Gasteiger charge is 2.26. The van der Waals surface area contributed by atoms with E-state index >= 15 is 0 Å². The predicted molar refractivity (Wildman–Crippen MR) is 135 cm³/mol. The van der Waals surface area contributed by atoms with E-state index in [1.165, 1.54) is 16.0 Å². The van der Waals surface area contributed by atoms with E-state index in [9.17, 15) is 4.79 Å². The number of ether oxygens (including phenoxy) is 4. The van der Waals surface area contributed by atoms with Crippen molar-refractivity contribution in [3.8, 4) is 11.5 Å². The average Bonchev–Trinajstić information content (AvgIpc) is 3.43. The minimum atomic E-state index is -0.595. The van der Waals surface area contributed by atoms with E-state index in [2.05, 4.69) is 30.1 Å². The van der Waals surface area contributed by atoms with Gasteiger partial charge in [-0.3, -0.25) is 0 Å². The van der Waals surface area contributed by atoms with Crippen molar-refractivity contribution < 1.29 is 23.7 Å². The van der Waals surface area contributed by atoms with Gasteiger partial charge in [0.1, 0.15) is 16.8 Å². The topological polar surface area (TPSA) is 95.0 Å². The number of carbonyl (C=O) groups excluding carboxylic acids is 1. The number of nitrogens with one attached hydrogen (secondary N) is 1. The SMILES string of the molecule is CCOC(=O)OC1CCN(c2nc(NCCc3ccc4c(c3)OCO4)c3c(C)c(C)sc3n2)CC1. The molecule has 2 aliphatic heterocycles. The van der Waals surface area contributed by atoms with Crippen LogP contribution in [-0.4, -0.2) is 55.3 Å². The van der Waals surface area contributed by atoms with Gasteiger partial charge in [-0.2, -0.15) is 4.98 Å². The number of carbonyl (C=O) groups is 1. The van der Waals surface area contributed by atoms with Gasteiger partial charge in [0.05, 0.1) is 12.0 Å². The summed E-state index contributed by atoms with van der Waals surface area (Å²) >= 11 is 1.69. The number of benzene rings is 1. The van der Waals surface area contributed by atoms with Gasteiger partial charge >= 0.3 is 6.16 Å². The molecule has 1 saturated heterocycles. The van der Waals surface area contributed by atoms with Crippen molar-refractivity contribution in [1.29, 1.82) is 0 Å². The van der Waals surface area contributed by atoms with Crippen LogP contribution < -0.4 is 19.7 Å². The quantitative estimate of drug-likeness (QED) is 0.459. The smallest absolute Gasteiger partial charge is 0.454 e. The molecule has 0 bridgehead atoms. The maximum Gasteiger partial charge on any atom is 0.508 e. The lowest BCUT2D eigenvalue weighted by molar-refractivity contribution is 0.0183. The van der Waals surface area contributed by atoms with Crippen LogP contribution in [0.4, 0.5) is 16.6 Å². The van der Waals surface area contributed by atoms with Crippen LogP contribution in [0, 0.1) is 13.8 Å². The molecule has 3 aromatic rings. The van der Waals surface area contributed by atoms with E-state index in [0.29, 0.717) is 12.6 Å². The van der Waals surface area contributed by atoms with E-state index in [1.54, 1.807) is 18.3 Å². The fraction of sp³-hybridized carbons (Fsp3) is 0.480. The lowest BCUT2D eigenvalue weighted by atomic mass is 10.1. The number of thiophene rings is 1. The maximum atomic E-state index is 11.6. The molecule has 0 atom stereocenters. The van der Waals surface area contributed by atoms with E-state index in [-0.39, 0.29) is 12.9 Å². The van der Waals surface area contributed by atoms with Crippen molar-refractivity contribution in [2.45, 2.75) is 46.1 Å². The molecule has 5 rings (SSSR count). The van der Waals surface area contributed by atoms with Gasteiger partial charge in [-0.1, -0.05) is 6.07 Å². The van der Waals surface area contributed by atoms with Gasteiger partial charge in [0.2, 0.25) is 12.7 Å². The highest BCUT2D eigenvalue weighted by atomic mass is 32.1. The van der Waals surface area contributed by atoms with E-state index in [4.69, 9.17) is 28.9 Å². The predicted octanol–water partition coefficient (Wildman–Crippen LogP) is 4.83. The molecule has 0 unspecified atom stereocenters. The molecule has 1 N–H and O–H groups in total. The Bertz CT molecular complexity index is 1220. The summed E-state index contributed by atoms with van der Waals surface area (Å²) in [6.07, 6.45) is 1.53. The molecule has 35 heavy (non-hydrogen) atoms. The van der Waals surface area contributed by atoms with Crippen molar-refractivity contribution >= 4 is 39.5 Å². The number of fused-ring (bicyclic) bond motifs is 2. The number of aromatic nitrogens is 2. The third kappa shape index (κ3) is 5.07. The van der Waals surface area contributed by atoms with Crippen molar-refractivity contribution in [2.24, 2.45) is 0 Å². The van der Waals surface area contributed by atoms with Crippen LogP contribution in [0.25, 0.3) is 10.2 Å². The summed E-state index contributed by atoms with van der Waals surface area (Å²) in [5, 5.41) is 4.64. The van der Waals surface area contributed by atoms with E-state index < -0.39 is 6.16 Å². The van der Waals surface area contributed by atoms with Crippen molar-refractivity contribution in [2.75, 3.05) is 43.3 Å². The van der Waals surface area contributed by atoms with Crippen LogP contribution in [0.5, 0.6) is 11.5 Å². The highest BCUT2D eigenvalue weighted by molar-refractivity contribution is 7.18. The average molecular weight is 499 g/mol. The van der Waals surface area contributed by atoms with Gasteiger partial charge in [0.15, 0.2) is 11.5 Å². The minimum absolute atomic E-state index is 0.139. The molecule has 1 fully saturated rings. The monoisotopic (exact) mass is 498 g/mol. The second-order valence-corrected chi connectivity index (χ2v) is 9.89. The molecule has 0 spiro atoms. The zero-order valence-electron chi connectivity index (χ0n) is 20.3. The number of aryl methyl sites for hydroxylation is 2. The molecular weight excluding hydrogens is 468 g/mol. The Hall–Kier alpha value is -3.27. The molecule has 2 aromatic heterocycles. The Morgan fingerprint density at radius 1 is 1.20 bits per heavy atom. The van der Waals surface area contributed by atoms with Crippen LogP contribution in [0.15, 0.2) is 18.2 Å². The van der Waals surface area contributed by atoms with Gasteiger partial charge in [0.25, 0.3) is 0 Å². The highest BCUT2D eigenvalue weighted by Crippen LogP contribution is 2.36. The summed E-state index contributed by atoms with van der Waals surface area (Å²) in [6, 6.07) is 6.06. The molecular formula is C25H30N4O5S. The molecule has 4 heterocycles. The molecule has 0 aliphatic carbocycles. The molecule has 1 aromatic carbocycles. The van der Waals surface area contributed by atoms with Crippen molar-refractivity contribution in [3.05, 3.63) is 34.2 Å². The van der Waals surface area contributed by atoms with Crippen molar-refractivity contribution in [1.82, 2.24) is 9.97 Å². The Kier molecular flexibility index (Phi) is 6.81. The lowest BCUT2D eigenvalue weighted by Gasteiger charge is -2.31. The first kappa shape index (κ1) is 23.5. The Morgan fingerprint density at radius 3 is 2.80 bits per heavy atom. The fourth-order valence-electron chi connectivity index (χ4n) is 4.39. The Morgan fingerprint density at radius 2 is 2.00 bits per heavy atom. The zero-order chi connectivity index (χ0) is 24.4. The number of rotatable bonds is 7. The first-order chi connectivity index (χ1) is 17.0. The summed E-state index contributed by atoms with van der Waals surface area (Å²) in [5.74, 6) is 3.16. The Labute approximate surface area is 208 Å². The molecule has 10 heteroatoms. The second-order valence-electron chi connectivity index (χ2n) is 8.69. The third-order valence-corrected chi connectivity index (χ3v) is 7.51. The third-order valence-electron chi connectivity index (χ3n) is 6.41. The van der Waals surface area contributed by atoms with Crippen LogP contribution in [0.1, 0.15) is 35.8 Å². The first-order valence-electron chi connectivity index (χ1n) is 12.0. The van der Waals surface area contributed by atoms with Gasteiger partial charge in [-0.15, -0.1) is 11.3 Å². The molecule has 0 saturated carbocycles. The summed E-state index contributed by atoms with van der Waals surface area (Å²) in [7, 11) is 0. The molecule has 2 aliphatic rings. The first-order valence-corrected chi connectivity index (χ1v) is 12.8. The van der Waals surface area contributed by atoms with Gasteiger partial charge in [-0.25, -0.2) is 9.78 Å². The standard InChI is InChI=1S/C25H30N4O5S/c1-4-31-25(30)34-18-8-11-29(12-9-18)24-27-22(21-15(2)16(3)35-23(21)28-24)26-10-7-17-5-6-19-20(13-17)33-14-32-19/h5-6,13,18H,4,7-12,14H2,1-3H3,(H,26,27,28). The van der Waals surface area contributed by atoms with E-state index in [0.717, 1.165) is 66.4 Å². The summed E-state index contributed by atoms with van der Waals surface area (Å²) in [6.45, 7) is 8.78. The molecule has 0 radical (unpaired) electrons. The largest absolute Gasteiger partial charge is 0.508 e. The van der Waals surface area contributed by atoms with Crippen molar-refractivity contribution in [3.63, 3.8) is 0 Å². The zero-order valence-corrected chi connectivity index (χ0v) is 21.1. The molecule has 9 nitrogen and oxygen atoms in total. The fourth-order valence-corrected chi connectivity index (χ4v) is 5.42. The van der Waals surface area contributed by atoms with Gasteiger partial charge < -0.3 is 29.2 Å². The number of nitrogens with zero attached hydrogens (tertiary/aromatic N) is 3. The number of anilines is 2. The van der Waals surface area contributed by atoms with Crippen LogP contribution in [0.3, 0.4) is 0 Å². The number of piperidine rings is 1. The van der Waals surface area contributed by atoms with Gasteiger partial charge in [0, 0.05) is 37.4 Å². The lowest BCUT2D eigenvalue weighted by Crippen LogP contribution is -2.39. The van der Waals surface area contributed by atoms with Crippen LogP contribution in [0.2, 0.25) is 0 Å². The summed E-state index contributed by atoms with van der Waals surface area (Å²) < 4.78 is 21.2. The van der Waals surface area contributed by atoms with Crippen LogP contribution in [-0.2, 0) is 15.9 Å². The van der Waals surface area contributed by atoms with Gasteiger partial charge in [-0.05, 0) is 50.5 Å². The molecule has 186 valence electrons. The van der Waals surface area contributed by atoms with Crippen LogP contribution >= 0.6 is 11.3 Å². The maximum absolute atomic E-state index is 11.6. The normalized spacial score (nSPS) is 15.5. The number of hydrogen-bond donors (Lipinski definition) is 1. The summed E-state index contributed by atoms with van der Waals surface area (Å²) in [5.41, 5.74) is 2.39. The molecule has 0 amide bonds.